The van der Waals surface area contributed by atoms with Crippen molar-refractivity contribution in [1.82, 2.24) is 5.09 Å². The van der Waals surface area contributed by atoms with Gasteiger partial charge in [0.05, 0.1) is 13.2 Å². The lowest BCUT2D eigenvalue weighted by Crippen LogP contribution is -2.18. The van der Waals surface area contributed by atoms with Crippen molar-refractivity contribution >= 4 is 21.2 Å². The fourth-order valence-electron chi connectivity index (χ4n) is 0.667. The van der Waals surface area contributed by atoms with Crippen molar-refractivity contribution in [2.24, 2.45) is 0 Å². The highest BCUT2D eigenvalue weighted by molar-refractivity contribution is 7.73. The van der Waals surface area contributed by atoms with E-state index in [1.165, 1.54) is 13.8 Å². The molecule has 0 aliphatic carbocycles. The first-order chi connectivity index (χ1) is 6.75. The van der Waals surface area contributed by atoms with Crippen molar-refractivity contribution in [1.29, 1.82) is 0 Å². The summed E-state index contributed by atoms with van der Waals surface area (Å²) >= 11 is 0. The zero-order valence-corrected chi connectivity index (χ0v) is 9.89. The van der Waals surface area contributed by atoms with E-state index < -0.39 is 21.2 Å². The predicted molar refractivity (Wildman–Crippen MR) is 49.2 cm³/mol. The number of amides is 1. The summed E-state index contributed by atoms with van der Waals surface area (Å²) in [6.45, 7) is 2.49. The van der Waals surface area contributed by atoms with Gasteiger partial charge in [-0.15, -0.1) is 8.39 Å². The van der Waals surface area contributed by atoms with E-state index in [0.29, 0.717) is 0 Å². The van der Waals surface area contributed by atoms with Crippen LogP contribution in [0.1, 0.15) is 13.8 Å². The maximum Gasteiger partial charge on any atom is 0.511 e. The molecule has 15 heavy (non-hydrogen) atoms. The lowest BCUT2D eigenvalue weighted by molar-refractivity contribution is 0.209. The van der Waals surface area contributed by atoms with Gasteiger partial charge in [0.2, 0.25) is 0 Å². The number of carbonyl (C=O) groups excluding carboxylic acids is 1. The molecule has 0 aromatic carbocycles. The summed E-state index contributed by atoms with van der Waals surface area (Å²) in [6.07, 6.45) is 0. The molecule has 0 radical (unpaired) electrons. The van der Waals surface area contributed by atoms with E-state index in [1.807, 2.05) is 0 Å². The Morgan fingerprint density at radius 1 is 1.20 bits per heavy atom. The van der Waals surface area contributed by atoms with Gasteiger partial charge in [0.15, 0.2) is 0 Å². The molecule has 1 N–H and O–H groups in total. The quantitative estimate of drug-likeness (QED) is 0.746. The summed E-state index contributed by atoms with van der Waals surface area (Å²) in [4.78, 5) is 11.0. The second kappa shape index (κ2) is 5.70. The zero-order valence-electron chi connectivity index (χ0n) is 8.11. The Morgan fingerprint density at radius 2 is 1.60 bits per heavy atom. The van der Waals surface area contributed by atoms with Crippen LogP contribution in [0.4, 0.5) is 13.2 Å². The summed E-state index contributed by atoms with van der Waals surface area (Å²) in [5.41, 5.74) is -1.69. The van der Waals surface area contributed by atoms with Crippen LogP contribution in [0.15, 0.2) is 0 Å². The first-order valence-corrected chi connectivity index (χ1v) is 6.99. The summed E-state index contributed by atoms with van der Waals surface area (Å²) in [7, 11) is -10.1. The smallest absolute Gasteiger partial charge is 0.302 e. The first kappa shape index (κ1) is 14.7. The number of halogens is 2. The molecule has 0 unspecified atom stereocenters. The lowest BCUT2D eigenvalue weighted by atomic mass is 10.9. The molecule has 1 amide bonds. The van der Waals surface area contributed by atoms with Gasteiger partial charge in [-0.1, -0.05) is 0 Å². The van der Waals surface area contributed by atoms with Gasteiger partial charge in [0, 0.05) is 0 Å². The Bertz CT molecular complexity index is 307. The number of nitrogens with one attached hydrogen (secondary N) is 1. The largest absolute Gasteiger partial charge is 0.511 e. The highest BCUT2D eigenvalue weighted by atomic mass is 31.2. The third-order valence-electron chi connectivity index (χ3n) is 1.07. The van der Waals surface area contributed by atoms with E-state index >= 15 is 0 Å². The van der Waals surface area contributed by atoms with Crippen molar-refractivity contribution in [2.45, 2.75) is 13.8 Å². The third kappa shape index (κ3) is 5.37. The molecule has 0 aliphatic heterocycles. The minimum atomic E-state index is -5.80. The Labute approximate surface area is 85.5 Å². The zero-order chi connectivity index (χ0) is 12.1. The van der Waals surface area contributed by atoms with Crippen molar-refractivity contribution in [2.75, 3.05) is 13.2 Å². The Balaban J connectivity index is 4.71. The van der Waals surface area contributed by atoms with Crippen LogP contribution in [0.2, 0.25) is 0 Å². The molecule has 0 saturated carbocycles. The Morgan fingerprint density at radius 3 is 1.87 bits per heavy atom. The monoisotopic (exact) mass is 265 g/mol. The van der Waals surface area contributed by atoms with E-state index in [2.05, 4.69) is 9.05 Å². The predicted octanol–water partition coefficient (Wildman–Crippen LogP) is 3.01. The molecule has 0 fully saturated rings. The maximum absolute atomic E-state index is 12.0. The molecule has 90 valence electrons. The highest BCUT2D eigenvalue weighted by Gasteiger charge is 2.39. The van der Waals surface area contributed by atoms with Crippen LogP contribution in [-0.2, 0) is 18.2 Å². The van der Waals surface area contributed by atoms with Gasteiger partial charge in [-0.2, -0.15) is 0 Å². The molecule has 0 aromatic rings. The first-order valence-electron chi connectivity index (χ1n) is 3.96. The second-order valence-corrected chi connectivity index (χ2v) is 5.28. The van der Waals surface area contributed by atoms with Crippen LogP contribution in [0.5, 0.6) is 0 Å². The molecule has 0 atom stereocenters. The van der Waals surface area contributed by atoms with Gasteiger partial charge in [-0.3, -0.25) is 4.79 Å². The summed E-state index contributed by atoms with van der Waals surface area (Å²) in [5.74, 6) is 0. The van der Waals surface area contributed by atoms with Crippen molar-refractivity contribution < 1.29 is 31.4 Å². The Kier molecular flexibility index (Phi) is 5.59. The molecule has 0 aliphatic rings. The van der Waals surface area contributed by atoms with Crippen molar-refractivity contribution in [3.63, 3.8) is 0 Å². The molecule has 0 saturated heterocycles. The van der Waals surface area contributed by atoms with Crippen molar-refractivity contribution in [3.8, 4) is 0 Å². The van der Waals surface area contributed by atoms with Gasteiger partial charge < -0.3 is 9.05 Å². The van der Waals surface area contributed by atoms with Gasteiger partial charge in [-0.25, -0.2) is 14.2 Å². The third-order valence-corrected chi connectivity index (χ3v) is 3.52. The van der Waals surface area contributed by atoms with E-state index in [1.54, 1.807) is 0 Å². The van der Waals surface area contributed by atoms with Crippen molar-refractivity contribution in [3.05, 3.63) is 0 Å². The number of rotatable bonds is 6. The number of hydrogen-bond acceptors (Lipinski definition) is 5. The van der Waals surface area contributed by atoms with E-state index in [4.69, 9.17) is 0 Å². The van der Waals surface area contributed by atoms with Crippen LogP contribution in [0.25, 0.3) is 0 Å². The van der Waals surface area contributed by atoms with E-state index in [0.717, 1.165) is 5.09 Å². The molecular formula is C5H11F2NO5P2. The summed E-state index contributed by atoms with van der Waals surface area (Å²) < 4.78 is 54.3. The highest BCUT2D eigenvalue weighted by Crippen LogP contribution is 2.53. The molecule has 0 rings (SSSR count). The normalized spacial score (nSPS) is 12.5. The average molecular weight is 265 g/mol. The molecule has 10 heteroatoms. The van der Waals surface area contributed by atoms with Crippen LogP contribution in [-0.4, -0.2) is 18.9 Å². The van der Waals surface area contributed by atoms with Gasteiger partial charge in [0.25, 0.3) is 0 Å². The topological polar surface area (TPSA) is 81.7 Å². The Hall–Kier alpha value is -0.290. The minimum Gasteiger partial charge on any atom is -0.302 e. The van der Waals surface area contributed by atoms with Crippen LogP contribution in [0, 0.1) is 0 Å². The van der Waals surface area contributed by atoms with Gasteiger partial charge in [-0.05, 0) is 13.8 Å². The SMILES string of the molecule is CCOP(=O)(OCC)C(=O)NP(=O)(F)F. The molecule has 0 spiro atoms. The fourth-order valence-corrected chi connectivity index (χ4v) is 2.72. The van der Waals surface area contributed by atoms with Crippen LogP contribution in [0.3, 0.4) is 0 Å². The van der Waals surface area contributed by atoms with Crippen LogP contribution < -0.4 is 5.09 Å². The molecule has 0 bridgehead atoms. The summed E-state index contributed by atoms with van der Waals surface area (Å²) in [6, 6.07) is 0. The van der Waals surface area contributed by atoms with Gasteiger partial charge in [0.1, 0.15) is 0 Å². The second-order valence-electron chi connectivity index (χ2n) is 2.21. The minimum absolute atomic E-state index is 0.159. The van der Waals surface area contributed by atoms with Crippen LogP contribution >= 0.6 is 15.5 Å². The lowest BCUT2D eigenvalue weighted by Gasteiger charge is -2.15. The number of hydrogen-bond donors (Lipinski definition) is 1. The summed E-state index contributed by atoms with van der Waals surface area (Å²) in [5, 5.41) is 0.800. The van der Waals surface area contributed by atoms with E-state index in [-0.39, 0.29) is 13.2 Å². The maximum atomic E-state index is 12.0. The van der Waals surface area contributed by atoms with Gasteiger partial charge >= 0.3 is 21.2 Å². The standard InChI is InChI=1S/C5H11F2NO5P2/c1-3-12-14(10,13-4-2)5(9)8-15(6,7)11/h3-4H2,1-2H3,(H,8,9,11). The molecule has 6 nitrogen and oxygen atoms in total. The average Bonchev–Trinajstić information content (AvgIpc) is 2.01. The molecule has 0 aromatic heterocycles. The molecule has 0 heterocycles. The fraction of sp³-hybridized carbons (Fsp3) is 0.800. The van der Waals surface area contributed by atoms with E-state index in [9.17, 15) is 22.3 Å². The molecular weight excluding hydrogens is 254 g/mol. The number of carbonyl (C=O) groups is 1.